The van der Waals surface area contributed by atoms with Crippen LogP contribution in [0.3, 0.4) is 0 Å². The van der Waals surface area contributed by atoms with E-state index in [1.54, 1.807) is 41.3 Å². The molecule has 6 nitrogen and oxygen atoms in total. The van der Waals surface area contributed by atoms with Crippen molar-refractivity contribution in [2.45, 2.75) is 6.54 Å². The van der Waals surface area contributed by atoms with E-state index in [-0.39, 0.29) is 5.69 Å². The van der Waals surface area contributed by atoms with Gasteiger partial charge in [0, 0.05) is 33.2 Å². The SMILES string of the molecule is COCCOc1cc2cc(C(=O)O)n(Cc3cc4ccc(Cl)cc4s3)c2cn1. The highest BCUT2D eigenvalue weighted by molar-refractivity contribution is 7.19. The Morgan fingerprint density at radius 2 is 2.07 bits per heavy atom. The maximum absolute atomic E-state index is 11.8. The first-order valence-corrected chi connectivity index (χ1v) is 9.77. The Balaban J connectivity index is 1.71. The summed E-state index contributed by atoms with van der Waals surface area (Å²) in [7, 11) is 1.60. The van der Waals surface area contributed by atoms with Crippen LogP contribution in [0.4, 0.5) is 0 Å². The first-order valence-electron chi connectivity index (χ1n) is 8.57. The number of pyridine rings is 1. The van der Waals surface area contributed by atoms with Crippen molar-refractivity contribution in [3.8, 4) is 5.88 Å². The second-order valence-corrected chi connectivity index (χ2v) is 7.84. The summed E-state index contributed by atoms with van der Waals surface area (Å²) < 4.78 is 13.3. The Hall–Kier alpha value is -2.61. The number of thiophene rings is 1. The smallest absolute Gasteiger partial charge is 0.352 e. The fraction of sp³-hybridized carbons (Fsp3) is 0.200. The van der Waals surface area contributed by atoms with E-state index in [0.717, 1.165) is 25.9 Å². The van der Waals surface area contributed by atoms with Gasteiger partial charge in [-0.2, -0.15) is 0 Å². The number of fused-ring (bicyclic) bond motifs is 2. The molecule has 0 saturated carbocycles. The number of nitrogens with zero attached hydrogens (tertiary/aromatic N) is 2. The van der Waals surface area contributed by atoms with Crippen LogP contribution in [0.2, 0.25) is 5.02 Å². The number of rotatable bonds is 7. The molecular formula is C20H17ClN2O4S. The van der Waals surface area contributed by atoms with Crippen molar-refractivity contribution in [2.75, 3.05) is 20.3 Å². The second kappa shape index (κ2) is 7.79. The molecule has 0 aliphatic carbocycles. The third-order valence-corrected chi connectivity index (χ3v) is 5.68. The van der Waals surface area contributed by atoms with Gasteiger partial charge in [0.25, 0.3) is 0 Å². The van der Waals surface area contributed by atoms with Crippen LogP contribution in [0.25, 0.3) is 21.0 Å². The van der Waals surface area contributed by atoms with Gasteiger partial charge in [0.2, 0.25) is 5.88 Å². The highest BCUT2D eigenvalue weighted by Crippen LogP contribution is 2.31. The highest BCUT2D eigenvalue weighted by Gasteiger charge is 2.17. The molecule has 0 atom stereocenters. The summed E-state index contributed by atoms with van der Waals surface area (Å²) in [6.45, 7) is 1.27. The average molecular weight is 417 g/mol. The number of carboxylic acid groups (broad SMARTS) is 1. The molecule has 3 aromatic heterocycles. The van der Waals surface area contributed by atoms with Gasteiger partial charge in [-0.05, 0) is 29.7 Å². The summed E-state index contributed by atoms with van der Waals surface area (Å²) in [5.41, 5.74) is 0.952. The van der Waals surface area contributed by atoms with Gasteiger partial charge in [-0.15, -0.1) is 11.3 Å². The molecule has 0 aliphatic heterocycles. The average Bonchev–Trinajstić information content (AvgIpc) is 3.22. The van der Waals surface area contributed by atoms with Gasteiger partial charge in [-0.3, -0.25) is 0 Å². The van der Waals surface area contributed by atoms with Crippen LogP contribution >= 0.6 is 22.9 Å². The lowest BCUT2D eigenvalue weighted by Gasteiger charge is -2.08. The Labute approximate surface area is 169 Å². The van der Waals surface area contributed by atoms with E-state index in [4.69, 9.17) is 21.1 Å². The molecule has 0 saturated heterocycles. The number of carboxylic acids is 1. The molecule has 0 unspecified atom stereocenters. The van der Waals surface area contributed by atoms with Crippen LogP contribution in [-0.4, -0.2) is 41.0 Å². The zero-order valence-electron chi connectivity index (χ0n) is 15.0. The minimum Gasteiger partial charge on any atom is -0.477 e. The standard InChI is InChI=1S/C20H17ClN2O4S/c1-26-4-5-27-19-8-13-7-16(20(24)25)23(17(13)10-22-19)11-15-6-12-2-3-14(21)9-18(12)28-15/h2-3,6-10H,4-5,11H2,1H3,(H,24,25). The minimum atomic E-state index is -0.984. The third kappa shape index (κ3) is 3.69. The lowest BCUT2D eigenvalue weighted by atomic mass is 10.2. The van der Waals surface area contributed by atoms with E-state index in [1.165, 1.54) is 0 Å². The predicted octanol–water partition coefficient (Wildman–Crippen LogP) is 4.68. The Kier molecular flexibility index (Phi) is 5.21. The molecule has 0 fully saturated rings. The van der Waals surface area contributed by atoms with Gasteiger partial charge in [0.05, 0.1) is 24.9 Å². The Morgan fingerprint density at radius 1 is 1.21 bits per heavy atom. The third-order valence-electron chi connectivity index (χ3n) is 4.37. The van der Waals surface area contributed by atoms with Crippen LogP contribution in [-0.2, 0) is 11.3 Å². The molecule has 1 N–H and O–H groups in total. The minimum absolute atomic E-state index is 0.210. The van der Waals surface area contributed by atoms with Crippen molar-refractivity contribution < 1.29 is 19.4 Å². The number of ether oxygens (including phenoxy) is 2. The number of benzene rings is 1. The first kappa shape index (κ1) is 18.7. The fourth-order valence-electron chi connectivity index (χ4n) is 3.09. The van der Waals surface area contributed by atoms with Crippen LogP contribution in [0.5, 0.6) is 5.88 Å². The summed E-state index contributed by atoms with van der Waals surface area (Å²) in [5.74, 6) is -0.544. The number of hydrogen-bond acceptors (Lipinski definition) is 5. The molecule has 0 aliphatic rings. The first-order chi connectivity index (χ1) is 13.5. The van der Waals surface area contributed by atoms with Crippen molar-refractivity contribution >= 4 is 49.9 Å². The zero-order chi connectivity index (χ0) is 19.7. The molecule has 1 aromatic carbocycles. The van der Waals surface area contributed by atoms with Gasteiger partial charge in [0.1, 0.15) is 12.3 Å². The lowest BCUT2D eigenvalue weighted by molar-refractivity contribution is 0.0686. The monoisotopic (exact) mass is 416 g/mol. The molecule has 0 amide bonds. The number of aromatic nitrogens is 2. The van der Waals surface area contributed by atoms with Crippen LogP contribution < -0.4 is 4.74 Å². The number of carbonyl (C=O) groups is 1. The summed E-state index contributed by atoms with van der Waals surface area (Å²) >= 11 is 7.67. The van der Waals surface area contributed by atoms with E-state index in [1.807, 2.05) is 18.2 Å². The normalized spacial score (nSPS) is 11.4. The largest absolute Gasteiger partial charge is 0.477 e. The van der Waals surface area contributed by atoms with Gasteiger partial charge in [-0.25, -0.2) is 9.78 Å². The Bertz CT molecular complexity index is 1170. The Morgan fingerprint density at radius 3 is 2.86 bits per heavy atom. The maximum Gasteiger partial charge on any atom is 0.352 e. The molecule has 0 bridgehead atoms. The summed E-state index contributed by atoms with van der Waals surface area (Å²) in [5, 5.41) is 12.2. The van der Waals surface area contributed by atoms with Crippen LogP contribution in [0, 0.1) is 0 Å². The number of methoxy groups -OCH3 is 1. The van der Waals surface area contributed by atoms with Gasteiger partial charge < -0.3 is 19.1 Å². The van der Waals surface area contributed by atoms with Crippen LogP contribution in [0.1, 0.15) is 15.4 Å². The number of hydrogen-bond donors (Lipinski definition) is 1. The molecule has 8 heteroatoms. The summed E-state index contributed by atoms with van der Waals surface area (Å²) in [6.07, 6.45) is 1.65. The molecule has 3 heterocycles. The maximum atomic E-state index is 11.8. The van der Waals surface area contributed by atoms with Crippen molar-refractivity contribution in [3.05, 3.63) is 58.2 Å². The second-order valence-electron chi connectivity index (χ2n) is 6.24. The van der Waals surface area contributed by atoms with E-state index < -0.39 is 5.97 Å². The molecule has 144 valence electrons. The molecule has 4 aromatic rings. The lowest BCUT2D eigenvalue weighted by Crippen LogP contribution is -2.08. The molecule has 4 rings (SSSR count). The van der Waals surface area contributed by atoms with Crippen molar-refractivity contribution in [1.82, 2.24) is 9.55 Å². The highest BCUT2D eigenvalue weighted by atomic mass is 35.5. The molecule has 0 radical (unpaired) electrons. The van der Waals surface area contributed by atoms with E-state index in [9.17, 15) is 9.90 Å². The van der Waals surface area contributed by atoms with Gasteiger partial charge in [0.15, 0.2) is 0 Å². The van der Waals surface area contributed by atoms with E-state index in [2.05, 4.69) is 11.1 Å². The fourth-order valence-corrected chi connectivity index (χ4v) is 4.42. The van der Waals surface area contributed by atoms with Crippen LogP contribution in [0.15, 0.2) is 42.6 Å². The van der Waals surface area contributed by atoms with Gasteiger partial charge in [-0.1, -0.05) is 17.7 Å². The summed E-state index contributed by atoms with van der Waals surface area (Å²) in [4.78, 5) is 17.1. The molecule has 28 heavy (non-hydrogen) atoms. The van der Waals surface area contributed by atoms with Gasteiger partial charge >= 0.3 is 5.97 Å². The zero-order valence-corrected chi connectivity index (χ0v) is 16.6. The number of aromatic carboxylic acids is 1. The van der Waals surface area contributed by atoms with E-state index in [0.29, 0.717) is 30.7 Å². The van der Waals surface area contributed by atoms with Crippen molar-refractivity contribution in [1.29, 1.82) is 0 Å². The quantitative estimate of drug-likeness (QED) is 0.443. The summed E-state index contributed by atoms with van der Waals surface area (Å²) in [6, 6.07) is 11.2. The van der Waals surface area contributed by atoms with Crippen molar-refractivity contribution in [3.63, 3.8) is 0 Å². The number of halogens is 1. The molecular weight excluding hydrogens is 400 g/mol. The van der Waals surface area contributed by atoms with E-state index >= 15 is 0 Å². The predicted molar refractivity (Wildman–Crippen MR) is 110 cm³/mol. The molecule has 0 spiro atoms. The van der Waals surface area contributed by atoms with Crippen molar-refractivity contribution in [2.24, 2.45) is 0 Å². The topological polar surface area (TPSA) is 73.6 Å².